The number of hydrogen-bond donors (Lipinski definition) is 0. The summed E-state index contributed by atoms with van der Waals surface area (Å²) in [7, 11) is -1.68. The van der Waals surface area contributed by atoms with Gasteiger partial charge in [-0.2, -0.15) is 4.37 Å². The van der Waals surface area contributed by atoms with Crippen LogP contribution in [0.5, 0.6) is 5.75 Å². The molecule has 10 heteroatoms. The maximum atomic E-state index is 14.8. The van der Waals surface area contributed by atoms with Crippen molar-refractivity contribution in [3.05, 3.63) is 69.7 Å². The number of ether oxygens (including phenoxy) is 1. The average molecular weight is 431 g/mol. The molecule has 0 bridgehead atoms. The lowest BCUT2D eigenvalue weighted by atomic mass is 10.0. The van der Waals surface area contributed by atoms with Crippen LogP contribution in [0.2, 0.25) is 0 Å². The zero-order chi connectivity index (χ0) is 20.0. The standard InChI is InChI=1S/C19H14FN3O4S2/c20-12-7-14-16(8-17(12)29(25)9-18-21-10-22-28-18)27-19(24)23(14)13-5-6-26-15-4-2-1-3-11(13)15/h1-4,7-8,10,13H,5-6,9H2. The summed E-state index contributed by atoms with van der Waals surface area (Å²) in [5, 5.41) is 0.542. The van der Waals surface area contributed by atoms with Crippen LogP contribution in [0.3, 0.4) is 0 Å². The highest BCUT2D eigenvalue weighted by Crippen LogP contribution is 2.36. The number of benzene rings is 2. The van der Waals surface area contributed by atoms with Crippen molar-refractivity contribution in [3.8, 4) is 5.75 Å². The van der Waals surface area contributed by atoms with E-state index in [9.17, 15) is 13.4 Å². The predicted octanol–water partition coefficient (Wildman–Crippen LogP) is 3.26. The van der Waals surface area contributed by atoms with Gasteiger partial charge in [0.2, 0.25) is 0 Å². The molecule has 0 saturated carbocycles. The molecule has 0 N–H and O–H groups in total. The Hall–Kier alpha value is -2.85. The van der Waals surface area contributed by atoms with Crippen LogP contribution >= 0.6 is 11.5 Å². The van der Waals surface area contributed by atoms with Gasteiger partial charge in [-0.15, -0.1) is 0 Å². The Morgan fingerprint density at radius 2 is 2.17 bits per heavy atom. The van der Waals surface area contributed by atoms with Crippen molar-refractivity contribution in [2.24, 2.45) is 0 Å². The molecule has 3 heterocycles. The van der Waals surface area contributed by atoms with Crippen LogP contribution in [0.4, 0.5) is 4.39 Å². The summed E-state index contributed by atoms with van der Waals surface area (Å²) in [5.41, 5.74) is 1.36. The van der Waals surface area contributed by atoms with E-state index in [1.165, 1.54) is 23.0 Å². The fourth-order valence-electron chi connectivity index (χ4n) is 3.55. The van der Waals surface area contributed by atoms with Crippen LogP contribution < -0.4 is 10.5 Å². The van der Waals surface area contributed by atoms with Crippen molar-refractivity contribution in [2.45, 2.75) is 23.1 Å². The van der Waals surface area contributed by atoms with E-state index >= 15 is 0 Å². The Morgan fingerprint density at radius 3 is 3.00 bits per heavy atom. The summed E-state index contributed by atoms with van der Waals surface area (Å²) in [6.07, 6.45) is 1.92. The zero-order valence-corrected chi connectivity index (χ0v) is 16.5. The van der Waals surface area contributed by atoms with Crippen LogP contribution in [0.25, 0.3) is 11.1 Å². The first kappa shape index (κ1) is 18.2. The Bertz CT molecular complexity index is 1280. The van der Waals surface area contributed by atoms with Crippen molar-refractivity contribution in [3.63, 3.8) is 0 Å². The summed E-state index contributed by atoms with van der Waals surface area (Å²) in [5.74, 6) is -0.505. The maximum absolute atomic E-state index is 14.8. The first-order chi connectivity index (χ1) is 14.1. The smallest absolute Gasteiger partial charge is 0.420 e. The highest BCUT2D eigenvalue weighted by molar-refractivity contribution is 7.84. The first-order valence-corrected chi connectivity index (χ1v) is 10.9. The molecule has 2 aromatic carbocycles. The molecule has 4 aromatic rings. The van der Waals surface area contributed by atoms with E-state index in [4.69, 9.17) is 9.15 Å². The highest BCUT2D eigenvalue weighted by atomic mass is 32.2. The second-order valence-electron chi connectivity index (χ2n) is 6.50. The number of aromatic nitrogens is 3. The summed E-state index contributed by atoms with van der Waals surface area (Å²) >= 11 is 1.11. The van der Waals surface area contributed by atoms with Gasteiger partial charge in [0.25, 0.3) is 0 Å². The van der Waals surface area contributed by atoms with Gasteiger partial charge in [0.05, 0.1) is 39.6 Å². The minimum absolute atomic E-state index is 0.0269. The van der Waals surface area contributed by atoms with E-state index in [1.807, 2.05) is 24.3 Å². The van der Waals surface area contributed by atoms with E-state index in [-0.39, 0.29) is 22.3 Å². The fourth-order valence-corrected chi connectivity index (χ4v) is 5.36. The summed E-state index contributed by atoms with van der Waals surface area (Å²) in [6.45, 7) is 0.438. The number of para-hydroxylation sites is 1. The van der Waals surface area contributed by atoms with Gasteiger partial charge in [0.15, 0.2) is 5.58 Å². The van der Waals surface area contributed by atoms with Crippen molar-refractivity contribution < 1.29 is 17.8 Å². The quantitative estimate of drug-likeness (QED) is 0.493. The molecule has 0 saturated heterocycles. The number of hydrogen-bond acceptors (Lipinski definition) is 7. The minimum atomic E-state index is -1.68. The third-order valence-corrected chi connectivity index (χ3v) is 6.99. The number of nitrogens with zero attached hydrogens (tertiary/aromatic N) is 3. The predicted molar refractivity (Wildman–Crippen MR) is 105 cm³/mol. The van der Waals surface area contributed by atoms with Crippen molar-refractivity contribution in [1.29, 1.82) is 0 Å². The molecule has 2 unspecified atom stereocenters. The lowest BCUT2D eigenvalue weighted by Crippen LogP contribution is -2.26. The fraction of sp³-hybridized carbons (Fsp3) is 0.211. The van der Waals surface area contributed by atoms with Gasteiger partial charge < -0.3 is 9.15 Å². The minimum Gasteiger partial charge on any atom is -0.493 e. The Kier molecular flexibility index (Phi) is 4.51. The normalized spacial score (nSPS) is 17.1. The van der Waals surface area contributed by atoms with Crippen LogP contribution in [0.1, 0.15) is 23.0 Å². The molecule has 29 heavy (non-hydrogen) atoms. The molecule has 1 aliphatic heterocycles. The Balaban J connectivity index is 1.59. The molecule has 0 fully saturated rings. The molecule has 7 nitrogen and oxygen atoms in total. The van der Waals surface area contributed by atoms with Crippen LogP contribution in [0.15, 0.2) is 56.8 Å². The molecule has 0 amide bonds. The number of oxazole rings is 1. The van der Waals surface area contributed by atoms with Crippen molar-refractivity contribution in [2.75, 3.05) is 6.61 Å². The lowest BCUT2D eigenvalue weighted by Gasteiger charge is -2.26. The molecule has 148 valence electrons. The average Bonchev–Trinajstić information content (AvgIpc) is 3.33. The molecule has 2 atom stereocenters. The molecule has 0 radical (unpaired) electrons. The number of rotatable bonds is 4. The van der Waals surface area contributed by atoms with Gasteiger partial charge in [-0.25, -0.2) is 14.2 Å². The van der Waals surface area contributed by atoms with Gasteiger partial charge in [-0.3, -0.25) is 8.78 Å². The second-order valence-corrected chi connectivity index (χ2v) is 8.79. The van der Waals surface area contributed by atoms with Gasteiger partial charge in [0, 0.05) is 24.1 Å². The van der Waals surface area contributed by atoms with Crippen LogP contribution in [-0.2, 0) is 16.6 Å². The first-order valence-electron chi connectivity index (χ1n) is 8.82. The highest BCUT2D eigenvalue weighted by Gasteiger charge is 2.28. The largest absolute Gasteiger partial charge is 0.493 e. The summed E-state index contributed by atoms with van der Waals surface area (Å²) in [6, 6.07) is 9.66. The molecular weight excluding hydrogens is 417 g/mol. The molecular formula is C19H14FN3O4S2. The Labute approximate surface area is 170 Å². The monoisotopic (exact) mass is 431 g/mol. The number of halogens is 1. The van der Waals surface area contributed by atoms with E-state index in [1.54, 1.807) is 0 Å². The van der Waals surface area contributed by atoms with E-state index < -0.39 is 22.4 Å². The molecule has 2 aromatic heterocycles. The van der Waals surface area contributed by atoms with Gasteiger partial charge in [0.1, 0.15) is 22.9 Å². The third-order valence-electron chi connectivity index (χ3n) is 4.81. The van der Waals surface area contributed by atoms with Gasteiger partial charge in [-0.05, 0) is 17.6 Å². The van der Waals surface area contributed by atoms with Crippen molar-refractivity contribution >= 4 is 33.4 Å². The van der Waals surface area contributed by atoms with Gasteiger partial charge in [-0.1, -0.05) is 18.2 Å². The molecule has 1 aliphatic rings. The Morgan fingerprint density at radius 1 is 1.31 bits per heavy atom. The second kappa shape index (κ2) is 7.20. The maximum Gasteiger partial charge on any atom is 0.420 e. The molecule has 0 spiro atoms. The van der Waals surface area contributed by atoms with E-state index in [0.29, 0.717) is 29.3 Å². The van der Waals surface area contributed by atoms with Gasteiger partial charge >= 0.3 is 5.76 Å². The SMILES string of the molecule is O=c1oc2cc(S(=O)Cc3ncns3)c(F)cc2n1C1CCOc2ccccc21. The van der Waals surface area contributed by atoms with Crippen LogP contribution in [-0.4, -0.2) is 24.7 Å². The van der Waals surface area contributed by atoms with E-state index in [0.717, 1.165) is 17.1 Å². The summed E-state index contributed by atoms with van der Waals surface area (Å²) in [4.78, 5) is 16.6. The topological polar surface area (TPSA) is 87.2 Å². The number of fused-ring (bicyclic) bond motifs is 2. The lowest BCUT2D eigenvalue weighted by molar-refractivity contribution is 0.253. The third kappa shape index (κ3) is 3.18. The summed E-state index contributed by atoms with van der Waals surface area (Å²) < 4.78 is 43.8. The van der Waals surface area contributed by atoms with E-state index in [2.05, 4.69) is 9.36 Å². The zero-order valence-electron chi connectivity index (χ0n) is 14.9. The molecule has 5 rings (SSSR count). The molecule has 0 aliphatic carbocycles. The van der Waals surface area contributed by atoms with Crippen molar-refractivity contribution in [1.82, 2.24) is 13.9 Å². The van der Waals surface area contributed by atoms with Crippen LogP contribution in [0, 0.1) is 5.82 Å².